The van der Waals surface area contributed by atoms with Crippen LogP contribution in [0.15, 0.2) is 0 Å². The molecule has 42 valence electrons. The van der Waals surface area contributed by atoms with Crippen molar-refractivity contribution in [2.24, 2.45) is 0 Å². The van der Waals surface area contributed by atoms with Gasteiger partial charge in [0.2, 0.25) is 0 Å². The minimum absolute atomic E-state index is 0.167. The molecule has 0 aromatic heterocycles. The molecule has 3 nitrogen and oxygen atoms in total. The van der Waals surface area contributed by atoms with Crippen molar-refractivity contribution in [1.29, 1.82) is 0 Å². The van der Waals surface area contributed by atoms with Crippen molar-refractivity contribution in [1.82, 2.24) is 0 Å². The molecular weight excluding hydrogens is 94.8 g/mol. The van der Waals surface area contributed by atoms with Gasteiger partial charge in [0.1, 0.15) is 5.78 Å². The van der Waals surface area contributed by atoms with E-state index in [0.29, 0.717) is 0 Å². The second-order valence-corrected chi connectivity index (χ2v) is 1.05. The van der Waals surface area contributed by atoms with Crippen LogP contribution in [0.1, 0.15) is 13.8 Å². The molecule has 0 radical (unpaired) electrons. The first-order valence-corrected chi connectivity index (χ1v) is 1.84. The average Bonchev–Trinajstić information content (AvgIpc) is 1.33. The molecule has 0 unspecified atom stereocenters. The van der Waals surface area contributed by atoms with Crippen LogP contribution in [-0.2, 0) is 4.79 Å². The van der Waals surface area contributed by atoms with E-state index >= 15 is 0 Å². The Kier molecular flexibility index (Phi) is 12.9. The van der Waals surface area contributed by atoms with Crippen molar-refractivity contribution in [3.8, 4) is 0 Å². The van der Waals surface area contributed by atoms with Crippen molar-refractivity contribution in [3.05, 3.63) is 0 Å². The van der Waals surface area contributed by atoms with Crippen molar-refractivity contribution in [2.75, 3.05) is 0 Å². The van der Waals surface area contributed by atoms with Gasteiger partial charge in [-0.15, -0.1) is 0 Å². The summed E-state index contributed by atoms with van der Waals surface area (Å²) in [5, 5.41) is 14.2. The van der Waals surface area contributed by atoms with E-state index in [0.717, 1.165) is 0 Å². The first kappa shape index (κ1) is 9.82. The Labute approximate surface area is 43.3 Å². The molecule has 0 aromatic rings. The summed E-state index contributed by atoms with van der Waals surface area (Å²) in [6.07, 6.45) is 0. The highest BCUT2D eigenvalue weighted by atomic mass is 16.4. The fourth-order valence-corrected chi connectivity index (χ4v) is 0. The third-order valence-electron chi connectivity index (χ3n) is 0. The van der Waals surface area contributed by atoms with Gasteiger partial charge in [0.05, 0.1) is 0 Å². The van der Waals surface area contributed by atoms with Crippen LogP contribution in [0.25, 0.3) is 0 Å². The van der Waals surface area contributed by atoms with Crippen molar-refractivity contribution >= 4 is 13.5 Å². The summed E-state index contributed by atoms with van der Waals surface area (Å²) in [5.41, 5.74) is 0. The van der Waals surface area contributed by atoms with Crippen LogP contribution in [-0.4, -0.2) is 23.5 Å². The molecule has 0 heterocycles. The third kappa shape index (κ3) is 634. The van der Waals surface area contributed by atoms with Crippen molar-refractivity contribution < 1.29 is 14.8 Å². The zero-order valence-electron chi connectivity index (χ0n) is 4.51. The molecule has 7 heavy (non-hydrogen) atoms. The number of carbonyl (C=O) groups excluding carboxylic acids is 1. The number of rotatable bonds is 0. The lowest BCUT2D eigenvalue weighted by atomic mass is 10.5. The summed E-state index contributed by atoms with van der Waals surface area (Å²) in [6, 6.07) is 0. The fraction of sp³-hybridized carbons (Fsp3) is 0.667. The van der Waals surface area contributed by atoms with E-state index in [1.807, 2.05) is 0 Å². The monoisotopic (exact) mass is 104 g/mol. The summed E-state index contributed by atoms with van der Waals surface area (Å²) in [7, 11) is -0.750. The SMILES string of the molecule is CC(C)=O.OBO. The van der Waals surface area contributed by atoms with Crippen LogP contribution < -0.4 is 0 Å². The second-order valence-electron chi connectivity index (χ2n) is 1.05. The molecule has 0 fully saturated rings. The molecule has 0 bridgehead atoms. The van der Waals surface area contributed by atoms with E-state index in [1.165, 1.54) is 13.8 Å². The van der Waals surface area contributed by atoms with Gasteiger partial charge >= 0.3 is 7.69 Å². The van der Waals surface area contributed by atoms with Crippen LogP contribution >= 0.6 is 0 Å². The van der Waals surface area contributed by atoms with Crippen LogP contribution in [0.4, 0.5) is 0 Å². The molecule has 0 aromatic carbocycles. The van der Waals surface area contributed by atoms with E-state index in [1.54, 1.807) is 0 Å². The van der Waals surface area contributed by atoms with Gasteiger partial charge < -0.3 is 14.8 Å². The van der Waals surface area contributed by atoms with E-state index in [-0.39, 0.29) is 5.78 Å². The Morgan fingerprint density at radius 3 is 1.43 bits per heavy atom. The van der Waals surface area contributed by atoms with Gasteiger partial charge in [-0.25, -0.2) is 0 Å². The molecule has 2 N–H and O–H groups in total. The lowest BCUT2D eigenvalue weighted by Crippen LogP contribution is -1.75. The van der Waals surface area contributed by atoms with Crippen LogP contribution in [0.5, 0.6) is 0 Å². The minimum Gasteiger partial charge on any atom is -0.430 e. The lowest BCUT2D eigenvalue weighted by molar-refractivity contribution is -0.114. The molecule has 0 aliphatic rings. The van der Waals surface area contributed by atoms with E-state index in [4.69, 9.17) is 10.0 Å². The lowest BCUT2D eigenvalue weighted by Gasteiger charge is -1.56. The van der Waals surface area contributed by atoms with Gasteiger partial charge in [0, 0.05) is 0 Å². The fourth-order valence-electron chi connectivity index (χ4n) is 0. The van der Waals surface area contributed by atoms with Crippen molar-refractivity contribution in [2.45, 2.75) is 13.8 Å². The standard InChI is InChI=1S/C3H6O.BH3O2/c1-3(2)4;2-1-3/h1-2H3;1-3H. The van der Waals surface area contributed by atoms with Gasteiger partial charge in [-0.2, -0.15) is 0 Å². The largest absolute Gasteiger partial charge is 0.432 e. The molecule has 0 spiro atoms. The number of hydrogen-bond donors (Lipinski definition) is 2. The maximum Gasteiger partial charge on any atom is 0.432 e. The Morgan fingerprint density at radius 1 is 1.43 bits per heavy atom. The predicted octanol–water partition coefficient (Wildman–Crippen LogP) is -1.17. The van der Waals surface area contributed by atoms with E-state index < -0.39 is 7.69 Å². The molecule has 0 amide bonds. The van der Waals surface area contributed by atoms with Crippen LogP contribution in [0.3, 0.4) is 0 Å². The first-order chi connectivity index (χ1) is 3.15. The quantitative estimate of drug-likeness (QED) is 0.381. The molecule has 0 aliphatic heterocycles. The van der Waals surface area contributed by atoms with Crippen LogP contribution in [0.2, 0.25) is 0 Å². The summed E-state index contributed by atoms with van der Waals surface area (Å²) >= 11 is 0. The Balaban J connectivity index is 0. The summed E-state index contributed by atoms with van der Waals surface area (Å²) in [5.74, 6) is 0.167. The van der Waals surface area contributed by atoms with Gasteiger partial charge in [0.25, 0.3) is 0 Å². The molecule has 0 aliphatic carbocycles. The molecule has 0 rings (SSSR count). The highest BCUT2D eigenvalue weighted by Gasteiger charge is 1.62. The zero-order valence-corrected chi connectivity index (χ0v) is 4.51. The van der Waals surface area contributed by atoms with Gasteiger partial charge in [-0.1, -0.05) is 0 Å². The van der Waals surface area contributed by atoms with Gasteiger partial charge in [-0.05, 0) is 13.8 Å². The van der Waals surface area contributed by atoms with Gasteiger partial charge in [0.15, 0.2) is 0 Å². The van der Waals surface area contributed by atoms with E-state index in [9.17, 15) is 4.79 Å². The topological polar surface area (TPSA) is 57.5 Å². The number of Topliss-reactive ketones (excluding diaryl/α,β-unsaturated/α-hetero) is 1. The maximum absolute atomic E-state index is 9.44. The van der Waals surface area contributed by atoms with E-state index in [2.05, 4.69) is 0 Å². The molecule has 0 atom stereocenters. The highest BCUT2D eigenvalue weighted by Crippen LogP contribution is 1.50. The third-order valence-corrected chi connectivity index (χ3v) is 0. The Morgan fingerprint density at radius 2 is 1.43 bits per heavy atom. The Bertz CT molecular complexity index is 41.4. The second kappa shape index (κ2) is 9.17. The smallest absolute Gasteiger partial charge is 0.430 e. The molecule has 4 heteroatoms. The summed E-state index contributed by atoms with van der Waals surface area (Å²) < 4.78 is 0. The molecular formula is C3H9BO3. The number of carbonyl (C=O) groups is 1. The van der Waals surface area contributed by atoms with Gasteiger partial charge in [-0.3, -0.25) is 0 Å². The number of hydrogen-bond acceptors (Lipinski definition) is 3. The normalized spacial score (nSPS) is 5.71. The highest BCUT2D eigenvalue weighted by molar-refractivity contribution is 6.13. The molecule has 0 saturated heterocycles. The predicted molar refractivity (Wildman–Crippen MR) is 27.9 cm³/mol. The minimum atomic E-state index is -0.750. The first-order valence-electron chi connectivity index (χ1n) is 1.84. The van der Waals surface area contributed by atoms with Crippen molar-refractivity contribution in [3.63, 3.8) is 0 Å². The molecule has 0 saturated carbocycles. The Hall–Kier alpha value is -0.345. The van der Waals surface area contributed by atoms with Crippen LogP contribution in [0, 0.1) is 0 Å². The maximum atomic E-state index is 9.44. The summed E-state index contributed by atoms with van der Waals surface area (Å²) in [4.78, 5) is 9.44. The summed E-state index contributed by atoms with van der Waals surface area (Å²) in [6.45, 7) is 3.06. The zero-order chi connectivity index (χ0) is 6.28. The average molecular weight is 104 g/mol. The number of ketones is 1.